The van der Waals surface area contributed by atoms with Gasteiger partial charge in [-0.1, -0.05) is 6.92 Å². The van der Waals surface area contributed by atoms with Gasteiger partial charge in [0.25, 0.3) is 0 Å². The third-order valence-corrected chi connectivity index (χ3v) is 3.31. The van der Waals surface area contributed by atoms with E-state index in [9.17, 15) is 0 Å². The number of aryl methyl sites for hydroxylation is 1. The molecule has 0 unspecified atom stereocenters. The van der Waals surface area contributed by atoms with Crippen molar-refractivity contribution in [2.75, 3.05) is 25.6 Å². The zero-order valence-electron chi connectivity index (χ0n) is 10.0. The van der Waals surface area contributed by atoms with Gasteiger partial charge in [-0.15, -0.1) is 0 Å². The molecule has 4 nitrogen and oxygen atoms in total. The van der Waals surface area contributed by atoms with Crippen molar-refractivity contribution in [1.29, 1.82) is 0 Å². The Bertz CT molecular complexity index is 344. The van der Waals surface area contributed by atoms with Crippen molar-refractivity contribution >= 4 is 28.4 Å². The zero-order chi connectivity index (χ0) is 12.0. The van der Waals surface area contributed by atoms with E-state index < -0.39 is 0 Å². The van der Waals surface area contributed by atoms with Crippen LogP contribution < -0.4 is 5.32 Å². The van der Waals surface area contributed by atoms with Crippen molar-refractivity contribution in [2.45, 2.75) is 26.7 Å². The van der Waals surface area contributed by atoms with E-state index in [-0.39, 0.29) is 0 Å². The molecule has 16 heavy (non-hydrogen) atoms. The quantitative estimate of drug-likeness (QED) is 0.810. The Kier molecular flexibility index (Phi) is 5.97. The fourth-order valence-corrected chi connectivity index (χ4v) is 2.18. The Morgan fingerprint density at radius 2 is 2.06 bits per heavy atom. The molecule has 1 aromatic heterocycles. The summed E-state index contributed by atoms with van der Waals surface area (Å²) in [7, 11) is 1.69. The van der Waals surface area contributed by atoms with E-state index >= 15 is 0 Å². The first-order valence-electron chi connectivity index (χ1n) is 5.51. The molecule has 0 aliphatic heterocycles. The van der Waals surface area contributed by atoms with E-state index in [2.05, 4.69) is 51.7 Å². The van der Waals surface area contributed by atoms with Crippen molar-refractivity contribution < 1.29 is 4.74 Å². The molecule has 0 radical (unpaired) electrons. The van der Waals surface area contributed by atoms with Crippen LogP contribution in [0.15, 0.2) is 0 Å². The molecule has 0 bridgehead atoms. The van der Waals surface area contributed by atoms with Crippen LogP contribution in [0.5, 0.6) is 0 Å². The number of nitrogens with one attached hydrogen (secondary N) is 1. The Hall–Kier alpha value is -0.430. The molecule has 5 heteroatoms. The molecule has 1 heterocycles. The molecule has 0 aliphatic rings. The van der Waals surface area contributed by atoms with E-state index in [1.807, 2.05) is 0 Å². The van der Waals surface area contributed by atoms with Crippen LogP contribution in [0, 0.1) is 3.57 Å². The summed E-state index contributed by atoms with van der Waals surface area (Å²) >= 11 is 2.30. The van der Waals surface area contributed by atoms with Gasteiger partial charge in [0, 0.05) is 20.1 Å². The molecule has 90 valence electrons. The molecule has 0 fully saturated rings. The highest BCUT2D eigenvalue weighted by molar-refractivity contribution is 14.1. The first-order valence-corrected chi connectivity index (χ1v) is 6.58. The summed E-state index contributed by atoms with van der Waals surface area (Å²) in [5.74, 6) is 1.80. The predicted octanol–water partition coefficient (Wildman–Crippen LogP) is 2.26. The second-order valence-corrected chi connectivity index (χ2v) is 4.45. The number of rotatable bonds is 6. The average Bonchev–Trinajstić information content (AvgIpc) is 2.30. The SMILES string of the molecule is CCNc1nc(CCOC)nc(CC)c1I. The third kappa shape index (κ3) is 3.55. The number of hydrogen-bond donors (Lipinski definition) is 1. The van der Waals surface area contributed by atoms with Gasteiger partial charge in [0.1, 0.15) is 11.6 Å². The minimum absolute atomic E-state index is 0.662. The van der Waals surface area contributed by atoms with Crippen molar-refractivity contribution in [3.05, 3.63) is 15.1 Å². The number of aromatic nitrogens is 2. The number of nitrogens with zero attached hydrogens (tertiary/aromatic N) is 2. The van der Waals surface area contributed by atoms with Crippen LogP contribution in [0.1, 0.15) is 25.4 Å². The third-order valence-electron chi connectivity index (χ3n) is 2.18. The minimum atomic E-state index is 0.662. The summed E-state index contributed by atoms with van der Waals surface area (Å²) in [4.78, 5) is 9.03. The molecular weight excluding hydrogens is 317 g/mol. The summed E-state index contributed by atoms with van der Waals surface area (Å²) in [6.07, 6.45) is 1.69. The molecule has 0 amide bonds. The van der Waals surface area contributed by atoms with Crippen LogP contribution in [-0.4, -0.2) is 30.2 Å². The topological polar surface area (TPSA) is 47.0 Å². The van der Waals surface area contributed by atoms with Crippen molar-refractivity contribution in [3.63, 3.8) is 0 Å². The average molecular weight is 335 g/mol. The van der Waals surface area contributed by atoms with Crippen LogP contribution in [0.4, 0.5) is 5.82 Å². The Labute approximate surface area is 110 Å². The second kappa shape index (κ2) is 7.01. The summed E-state index contributed by atoms with van der Waals surface area (Å²) in [5.41, 5.74) is 1.11. The summed E-state index contributed by atoms with van der Waals surface area (Å²) < 4.78 is 6.17. The summed E-state index contributed by atoms with van der Waals surface area (Å²) in [5, 5.41) is 3.27. The lowest BCUT2D eigenvalue weighted by atomic mass is 10.3. The first kappa shape index (κ1) is 13.6. The minimum Gasteiger partial charge on any atom is -0.384 e. The van der Waals surface area contributed by atoms with Crippen molar-refractivity contribution in [1.82, 2.24) is 9.97 Å². The Balaban J connectivity index is 2.97. The number of halogens is 1. The maximum Gasteiger partial charge on any atom is 0.143 e. The van der Waals surface area contributed by atoms with E-state index in [1.54, 1.807) is 7.11 Å². The number of methoxy groups -OCH3 is 1. The molecule has 0 aliphatic carbocycles. The number of ether oxygens (including phenoxy) is 1. The van der Waals surface area contributed by atoms with Gasteiger partial charge in [-0.05, 0) is 35.9 Å². The van der Waals surface area contributed by atoms with Crippen LogP contribution in [0.2, 0.25) is 0 Å². The van der Waals surface area contributed by atoms with E-state index in [0.29, 0.717) is 6.61 Å². The van der Waals surface area contributed by atoms with Gasteiger partial charge in [0.05, 0.1) is 15.9 Å². The molecule has 0 saturated heterocycles. The molecule has 1 aromatic rings. The van der Waals surface area contributed by atoms with Gasteiger partial charge < -0.3 is 10.1 Å². The highest BCUT2D eigenvalue weighted by Gasteiger charge is 2.10. The van der Waals surface area contributed by atoms with Crippen molar-refractivity contribution in [2.24, 2.45) is 0 Å². The predicted molar refractivity (Wildman–Crippen MR) is 73.9 cm³/mol. The molecule has 0 aromatic carbocycles. The standard InChI is InChI=1S/C11H18IN3O/c1-4-8-10(12)11(13-5-2)15-9(14-8)6-7-16-3/h4-7H2,1-3H3,(H,13,14,15). The normalized spacial score (nSPS) is 10.5. The smallest absolute Gasteiger partial charge is 0.143 e. The lowest BCUT2D eigenvalue weighted by molar-refractivity contribution is 0.200. The van der Waals surface area contributed by atoms with Gasteiger partial charge in [-0.25, -0.2) is 9.97 Å². The largest absolute Gasteiger partial charge is 0.384 e. The lowest BCUT2D eigenvalue weighted by Crippen LogP contribution is -2.10. The fourth-order valence-electron chi connectivity index (χ4n) is 1.37. The summed E-state index contributed by atoms with van der Waals surface area (Å²) in [6, 6.07) is 0. The fraction of sp³-hybridized carbons (Fsp3) is 0.636. The van der Waals surface area contributed by atoms with E-state index in [4.69, 9.17) is 4.74 Å². The van der Waals surface area contributed by atoms with E-state index in [0.717, 1.165) is 40.3 Å². The number of anilines is 1. The Morgan fingerprint density at radius 1 is 1.31 bits per heavy atom. The monoisotopic (exact) mass is 335 g/mol. The maximum atomic E-state index is 5.05. The van der Waals surface area contributed by atoms with Gasteiger partial charge in [0.15, 0.2) is 0 Å². The molecule has 0 spiro atoms. The van der Waals surface area contributed by atoms with Crippen LogP contribution >= 0.6 is 22.6 Å². The number of hydrogen-bond acceptors (Lipinski definition) is 4. The molecule has 0 saturated carbocycles. The zero-order valence-corrected chi connectivity index (χ0v) is 12.2. The van der Waals surface area contributed by atoms with Gasteiger partial charge in [-0.3, -0.25) is 0 Å². The van der Waals surface area contributed by atoms with Gasteiger partial charge in [0.2, 0.25) is 0 Å². The molecular formula is C11H18IN3O. The van der Waals surface area contributed by atoms with Crippen LogP contribution in [0.25, 0.3) is 0 Å². The van der Waals surface area contributed by atoms with Crippen LogP contribution in [-0.2, 0) is 17.6 Å². The second-order valence-electron chi connectivity index (χ2n) is 3.38. The lowest BCUT2D eigenvalue weighted by Gasteiger charge is -2.11. The van der Waals surface area contributed by atoms with Crippen molar-refractivity contribution in [3.8, 4) is 0 Å². The van der Waals surface area contributed by atoms with Crippen LogP contribution in [0.3, 0.4) is 0 Å². The maximum absolute atomic E-state index is 5.05. The van der Waals surface area contributed by atoms with Gasteiger partial charge in [-0.2, -0.15) is 0 Å². The highest BCUT2D eigenvalue weighted by Crippen LogP contribution is 2.19. The molecule has 0 atom stereocenters. The summed E-state index contributed by atoms with van der Waals surface area (Å²) in [6.45, 7) is 5.72. The van der Waals surface area contributed by atoms with Gasteiger partial charge >= 0.3 is 0 Å². The molecule has 1 N–H and O–H groups in total. The Morgan fingerprint density at radius 3 is 2.62 bits per heavy atom. The highest BCUT2D eigenvalue weighted by atomic mass is 127. The first-order chi connectivity index (χ1) is 7.72. The van der Waals surface area contributed by atoms with E-state index in [1.165, 1.54) is 0 Å². The molecule has 1 rings (SSSR count).